The molecule has 0 saturated carbocycles. The number of carbonyl (C=O) groups is 1. The van der Waals surface area contributed by atoms with Gasteiger partial charge in [-0.15, -0.1) is 0 Å². The highest BCUT2D eigenvalue weighted by Gasteiger charge is 2.18. The van der Waals surface area contributed by atoms with Gasteiger partial charge in [0, 0.05) is 25.5 Å². The fourth-order valence-electron chi connectivity index (χ4n) is 2.66. The molecular formula is C21H22N4O3. The van der Waals surface area contributed by atoms with Crippen LogP contribution in [0.3, 0.4) is 0 Å². The van der Waals surface area contributed by atoms with Crippen molar-refractivity contribution in [3.8, 4) is 11.4 Å². The number of carbonyl (C=O) groups excluding carboxylic acids is 1. The molecule has 0 spiro atoms. The van der Waals surface area contributed by atoms with Gasteiger partial charge in [-0.3, -0.25) is 9.59 Å². The molecule has 1 aromatic heterocycles. The van der Waals surface area contributed by atoms with Crippen molar-refractivity contribution >= 4 is 17.3 Å². The SMILES string of the molecule is COc1cc(=O)n(-c2ccc(C)cc2)nc1C(=O)Nc1ccc(N(C)C)cc1. The van der Waals surface area contributed by atoms with Gasteiger partial charge in [0.05, 0.1) is 18.9 Å². The molecule has 1 amide bonds. The van der Waals surface area contributed by atoms with E-state index in [1.165, 1.54) is 17.9 Å². The minimum absolute atomic E-state index is 0.0272. The minimum Gasteiger partial charge on any atom is -0.494 e. The maximum atomic E-state index is 12.8. The molecule has 0 bridgehead atoms. The number of aryl methyl sites for hydroxylation is 1. The summed E-state index contributed by atoms with van der Waals surface area (Å²) in [6.07, 6.45) is 0. The molecule has 0 aliphatic carbocycles. The van der Waals surface area contributed by atoms with Gasteiger partial charge in [-0.05, 0) is 43.3 Å². The topological polar surface area (TPSA) is 76.5 Å². The van der Waals surface area contributed by atoms with E-state index >= 15 is 0 Å². The van der Waals surface area contributed by atoms with E-state index in [4.69, 9.17) is 4.74 Å². The third kappa shape index (κ3) is 4.03. The van der Waals surface area contributed by atoms with Gasteiger partial charge >= 0.3 is 0 Å². The first-order valence-corrected chi connectivity index (χ1v) is 8.73. The van der Waals surface area contributed by atoms with Crippen LogP contribution in [0.15, 0.2) is 59.4 Å². The Morgan fingerprint density at radius 2 is 1.71 bits per heavy atom. The van der Waals surface area contributed by atoms with Gasteiger partial charge < -0.3 is 15.0 Å². The zero-order valence-electron chi connectivity index (χ0n) is 16.3. The second-order valence-corrected chi connectivity index (χ2v) is 6.54. The quantitative estimate of drug-likeness (QED) is 0.739. The smallest absolute Gasteiger partial charge is 0.279 e. The van der Waals surface area contributed by atoms with E-state index in [1.807, 2.05) is 50.2 Å². The van der Waals surface area contributed by atoms with Crippen LogP contribution in [0.2, 0.25) is 0 Å². The van der Waals surface area contributed by atoms with E-state index in [9.17, 15) is 9.59 Å². The molecule has 0 unspecified atom stereocenters. The molecule has 1 N–H and O–H groups in total. The van der Waals surface area contributed by atoms with Gasteiger partial charge in [0.2, 0.25) is 0 Å². The Morgan fingerprint density at radius 1 is 1.07 bits per heavy atom. The first-order valence-electron chi connectivity index (χ1n) is 8.73. The lowest BCUT2D eigenvalue weighted by Crippen LogP contribution is -2.26. The van der Waals surface area contributed by atoms with Crippen molar-refractivity contribution in [1.82, 2.24) is 9.78 Å². The predicted octanol–water partition coefficient (Wildman–Crippen LogP) is 2.87. The average molecular weight is 378 g/mol. The molecule has 0 aliphatic rings. The van der Waals surface area contributed by atoms with E-state index in [-0.39, 0.29) is 17.0 Å². The number of benzene rings is 2. The summed E-state index contributed by atoms with van der Waals surface area (Å²) in [5.41, 5.74) is 2.91. The Bertz CT molecular complexity index is 1040. The maximum Gasteiger partial charge on any atom is 0.279 e. The fourth-order valence-corrected chi connectivity index (χ4v) is 2.66. The maximum absolute atomic E-state index is 12.8. The summed E-state index contributed by atoms with van der Waals surface area (Å²) >= 11 is 0. The van der Waals surface area contributed by atoms with Crippen LogP contribution >= 0.6 is 0 Å². The van der Waals surface area contributed by atoms with Gasteiger partial charge in [-0.25, -0.2) is 0 Å². The number of hydrogen-bond donors (Lipinski definition) is 1. The average Bonchev–Trinajstić information content (AvgIpc) is 2.68. The number of ether oxygens (including phenoxy) is 1. The Morgan fingerprint density at radius 3 is 2.29 bits per heavy atom. The van der Waals surface area contributed by atoms with Gasteiger partial charge in [-0.1, -0.05) is 17.7 Å². The molecule has 0 radical (unpaired) electrons. The summed E-state index contributed by atoms with van der Waals surface area (Å²) in [4.78, 5) is 27.2. The van der Waals surface area contributed by atoms with Crippen molar-refractivity contribution < 1.29 is 9.53 Å². The highest BCUT2D eigenvalue weighted by molar-refractivity contribution is 6.04. The van der Waals surface area contributed by atoms with E-state index < -0.39 is 5.91 Å². The third-order valence-electron chi connectivity index (χ3n) is 4.25. The van der Waals surface area contributed by atoms with Crippen LogP contribution in [0, 0.1) is 6.92 Å². The zero-order valence-corrected chi connectivity index (χ0v) is 16.3. The Labute approximate surface area is 163 Å². The second kappa shape index (κ2) is 7.96. The predicted molar refractivity (Wildman–Crippen MR) is 110 cm³/mol. The van der Waals surface area contributed by atoms with Crippen LogP contribution in [0.25, 0.3) is 5.69 Å². The monoisotopic (exact) mass is 378 g/mol. The molecule has 0 aliphatic heterocycles. The molecule has 3 rings (SSSR count). The van der Waals surface area contributed by atoms with Crippen LogP contribution in [0.4, 0.5) is 11.4 Å². The molecule has 7 nitrogen and oxygen atoms in total. The first kappa shape index (κ1) is 19.2. The van der Waals surface area contributed by atoms with Crippen molar-refractivity contribution in [2.75, 3.05) is 31.4 Å². The van der Waals surface area contributed by atoms with Crippen molar-refractivity contribution in [2.24, 2.45) is 0 Å². The summed E-state index contributed by atoms with van der Waals surface area (Å²) in [5.74, 6) is -0.342. The largest absolute Gasteiger partial charge is 0.494 e. The lowest BCUT2D eigenvalue weighted by Gasteiger charge is -2.14. The molecule has 144 valence electrons. The molecule has 1 heterocycles. The zero-order chi connectivity index (χ0) is 20.3. The number of methoxy groups -OCH3 is 1. The standard InChI is InChI=1S/C21H22N4O3/c1-14-5-9-17(10-6-14)25-19(26)13-18(28-4)20(23-25)21(27)22-15-7-11-16(12-8-15)24(2)3/h5-13H,1-4H3,(H,22,27). The van der Waals surface area contributed by atoms with E-state index in [0.29, 0.717) is 11.4 Å². The van der Waals surface area contributed by atoms with Gasteiger partial charge in [0.15, 0.2) is 11.4 Å². The number of aromatic nitrogens is 2. The van der Waals surface area contributed by atoms with Crippen LogP contribution in [0.1, 0.15) is 16.1 Å². The van der Waals surface area contributed by atoms with E-state index in [1.54, 1.807) is 24.3 Å². The normalized spacial score (nSPS) is 10.4. The Kier molecular flexibility index (Phi) is 5.44. The van der Waals surface area contributed by atoms with E-state index in [2.05, 4.69) is 10.4 Å². The Balaban J connectivity index is 1.95. The lowest BCUT2D eigenvalue weighted by molar-refractivity contribution is 0.101. The second-order valence-electron chi connectivity index (χ2n) is 6.54. The minimum atomic E-state index is -0.463. The number of hydrogen-bond acceptors (Lipinski definition) is 5. The molecule has 28 heavy (non-hydrogen) atoms. The fraction of sp³-hybridized carbons (Fsp3) is 0.190. The lowest BCUT2D eigenvalue weighted by atomic mass is 10.2. The van der Waals surface area contributed by atoms with Crippen LogP contribution in [0.5, 0.6) is 5.75 Å². The van der Waals surface area contributed by atoms with Crippen LogP contribution in [-0.4, -0.2) is 36.9 Å². The number of nitrogens with one attached hydrogen (secondary N) is 1. The van der Waals surface area contributed by atoms with Crippen LogP contribution < -0.4 is 20.5 Å². The number of amides is 1. The first-order chi connectivity index (χ1) is 13.4. The van der Waals surface area contributed by atoms with Crippen molar-refractivity contribution in [2.45, 2.75) is 6.92 Å². The molecule has 0 fully saturated rings. The number of nitrogens with zero attached hydrogens (tertiary/aromatic N) is 3. The van der Waals surface area contributed by atoms with E-state index in [0.717, 1.165) is 11.3 Å². The summed E-state index contributed by atoms with van der Waals surface area (Å²) in [7, 11) is 5.28. The van der Waals surface area contributed by atoms with Crippen molar-refractivity contribution in [1.29, 1.82) is 0 Å². The highest BCUT2D eigenvalue weighted by atomic mass is 16.5. The molecule has 0 saturated heterocycles. The highest BCUT2D eigenvalue weighted by Crippen LogP contribution is 2.19. The molecule has 3 aromatic rings. The van der Waals surface area contributed by atoms with Gasteiger partial charge in [0.1, 0.15) is 0 Å². The molecule has 7 heteroatoms. The van der Waals surface area contributed by atoms with Crippen LogP contribution in [-0.2, 0) is 0 Å². The summed E-state index contributed by atoms with van der Waals surface area (Å²) < 4.78 is 6.39. The van der Waals surface area contributed by atoms with Gasteiger partial charge in [0.25, 0.3) is 11.5 Å². The summed E-state index contributed by atoms with van der Waals surface area (Å²) in [5, 5.41) is 7.03. The van der Waals surface area contributed by atoms with Crippen molar-refractivity contribution in [3.05, 3.63) is 76.2 Å². The molecule has 2 aromatic carbocycles. The van der Waals surface area contributed by atoms with Gasteiger partial charge in [-0.2, -0.15) is 9.78 Å². The molecular weight excluding hydrogens is 356 g/mol. The third-order valence-corrected chi connectivity index (χ3v) is 4.25. The summed E-state index contributed by atoms with van der Waals surface area (Å²) in [6, 6.07) is 16.0. The number of rotatable bonds is 5. The Hall–Kier alpha value is -3.61. The van der Waals surface area contributed by atoms with Crippen molar-refractivity contribution in [3.63, 3.8) is 0 Å². The number of anilines is 2. The summed E-state index contributed by atoms with van der Waals surface area (Å²) in [6.45, 7) is 1.95. The molecule has 0 atom stereocenters.